The predicted octanol–water partition coefficient (Wildman–Crippen LogP) is 3.35. The van der Waals surface area contributed by atoms with Crippen LogP contribution in [0.15, 0.2) is 60.8 Å². The molecule has 1 amide bonds. The second-order valence-corrected chi connectivity index (χ2v) is 9.41. The summed E-state index contributed by atoms with van der Waals surface area (Å²) >= 11 is 0. The maximum Gasteiger partial charge on any atom is 0.251 e. The van der Waals surface area contributed by atoms with Crippen LogP contribution in [0.2, 0.25) is 0 Å². The third-order valence-corrected chi connectivity index (χ3v) is 6.97. The second-order valence-electron chi connectivity index (χ2n) is 9.41. The van der Waals surface area contributed by atoms with E-state index in [1.165, 1.54) is 0 Å². The Kier molecular flexibility index (Phi) is 7.05. The van der Waals surface area contributed by atoms with E-state index in [1.54, 1.807) is 7.11 Å². The number of para-hydroxylation sites is 1. The van der Waals surface area contributed by atoms with Crippen molar-refractivity contribution < 1.29 is 14.6 Å². The average molecular weight is 450 g/mol. The van der Waals surface area contributed by atoms with Crippen LogP contribution >= 0.6 is 0 Å². The Morgan fingerprint density at radius 1 is 1.18 bits per heavy atom. The summed E-state index contributed by atoms with van der Waals surface area (Å²) in [4.78, 5) is 14.8. The fourth-order valence-corrected chi connectivity index (χ4v) is 5.06. The van der Waals surface area contributed by atoms with Crippen molar-refractivity contribution in [1.29, 1.82) is 0 Å². The van der Waals surface area contributed by atoms with Crippen molar-refractivity contribution >= 4 is 5.91 Å². The zero-order chi connectivity index (χ0) is 23.4. The Bertz CT molecular complexity index is 992. The molecule has 1 aliphatic carbocycles. The van der Waals surface area contributed by atoms with Gasteiger partial charge in [0, 0.05) is 36.0 Å². The molecule has 6 nitrogen and oxygen atoms in total. The van der Waals surface area contributed by atoms with Crippen LogP contribution < -0.4 is 15.4 Å². The largest absolute Gasteiger partial charge is 0.496 e. The molecule has 0 atom stereocenters. The number of rotatable bonds is 8. The van der Waals surface area contributed by atoms with Crippen LogP contribution in [-0.4, -0.2) is 54.7 Å². The lowest BCUT2D eigenvalue weighted by Crippen LogP contribution is -2.62. The molecule has 0 aromatic heterocycles. The van der Waals surface area contributed by atoms with E-state index < -0.39 is 5.60 Å². The molecule has 1 saturated heterocycles. The Morgan fingerprint density at radius 3 is 2.61 bits per heavy atom. The van der Waals surface area contributed by atoms with Crippen LogP contribution in [0.4, 0.5) is 0 Å². The highest BCUT2D eigenvalue weighted by molar-refractivity contribution is 5.94. The average Bonchev–Trinajstić information content (AvgIpc) is 2.80. The molecule has 176 valence electrons. The van der Waals surface area contributed by atoms with Gasteiger partial charge in [-0.1, -0.05) is 42.5 Å². The number of methoxy groups -OCH3 is 1. The summed E-state index contributed by atoms with van der Waals surface area (Å²) in [6.45, 7) is 8.39. The van der Waals surface area contributed by atoms with Gasteiger partial charge in [0.05, 0.1) is 25.3 Å². The molecular weight excluding hydrogens is 414 g/mol. The monoisotopic (exact) mass is 449 g/mol. The predicted molar refractivity (Wildman–Crippen MR) is 130 cm³/mol. The fraction of sp³-hybridized carbons (Fsp3) is 0.444. The number of aliphatic hydroxyl groups is 1. The maximum atomic E-state index is 12.3. The number of amides is 1. The first-order valence-corrected chi connectivity index (χ1v) is 11.8. The fourth-order valence-electron chi connectivity index (χ4n) is 5.06. The summed E-state index contributed by atoms with van der Waals surface area (Å²) in [5, 5.41) is 17.6. The Morgan fingerprint density at radius 2 is 1.91 bits per heavy atom. The van der Waals surface area contributed by atoms with E-state index in [0.717, 1.165) is 61.3 Å². The number of carbonyl (C=O) groups is 1. The minimum atomic E-state index is -0.810. The van der Waals surface area contributed by atoms with Crippen molar-refractivity contribution in [3.8, 4) is 5.75 Å². The van der Waals surface area contributed by atoms with Gasteiger partial charge in [0.2, 0.25) is 0 Å². The number of nitrogens with zero attached hydrogens (tertiary/aromatic N) is 1. The van der Waals surface area contributed by atoms with E-state index >= 15 is 0 Å². The number of ether oxygens (including phenoxy) is 1. The topological polar surface area (TPSA) is 73.8 Å². The highest BCUT2D eigenvalue weighted by atomic mass is 16.5. The van der Waals surface area contributed by atoms with Crippen molar-refractivity contribution in [3.63, 3.8) is 0 Å². The molecule has 2 fully saturated rings. The molecule has 1 saturated carbocycles. The second kappa shape index (κ2) is 9.98. The van der Waals surface area contributed by atoms with Gasteiger partial charge in [0.25, 0.3) is 5.91 Å². The van der Waals surface area contributed by atoms with Crippen LogP contribution in [-0.2, 0) is 5.60 Å². The molecule has 0 unspecified atom stereocenters. The molecule has 0 spiro atoms. The lowest BCUT2D eigenvalue weighted by Gasteiger charge is -2.48. The lowest BCUT2D eigenvalue weighted by atomic mass is 9.76. The van der Waals surface area contributed by atoms with Gasteiger partial charge in [0.1, 0.15) is 5.75 Å². The number of likely N-dealkylation sites (tertiary alicyclic amines) is 1. The van der Waals surface area contributed by atoms with E-state index in [-0.39, 0.29) is 5.91 Å². The molecule has 1 heterocycles. The van der Waals surface area contributed by atoms with Gasteiger partial charge in [-0.25, -0.2) is 0 Å². The van der Waals surface area contributed by atoms with Gasteiger partial charge in [0.15, 0.2) is 0 Å². The van der Waals surface area contributed by atoms with Crippen molar-refractivity contribution in [2.75, 3.05) is 26.7 Å². The molecule has 2 aliphatic rings. The minimum Gasteiger partial charge on any atom is -0.496 e. The van der Waals surface area contributed by atoms with Gasteiger partial charge in [-0.05, 0) is 50.8 Å². The van der Waals surface area contributed by atoms with Crippen molar-refractivity contribution in [2.24, 2.45) is 0 Å². The first-order valence-electron chi connectivity index (χ1n) is 11.8. The number of carbonyl (C=O) groups excluding carboxylic acids is 1. The third-order valence-electron chi connectivity index (χ3n) is 6.97. The summed E-state index contributed by atoms with van der Waals surface area (Å²) in [7, 11) is 1.66. The number of benzene rings is 2. The Balaban J connectivity index is 1.19. The maximum absolute atomic E-state index is 12.3. The molecule has 2 aromatic rings. The number of nitrogens with one attached hydrogen (secondary N) is 2. The zero-order valence-corrected chi connectivity index (χ0v) is 19.6. The van der Waals surface area contributed by atoms with Crippen molar-refractivity contribution in [2.45, 2.75) is 50.3 Å². The summed E-state index contributed by atoms with van der Waals surface area (Å²) in [5.74, 6) is 0.682. The number of hydrogen-bond donors (Lipinski definition) is 3. The summed E-state index contributed by atoms with van der Waals surface area (Å²) in [6, 6.07) is 16.2. The van der Waals surface area contributed by atoms with Crippen LogP contribution in [0.1, 0.15) is 47.2 Å². The highest BCUT2D eigenvalue weighted by Crippen LogP contribution is 2.42. The smallest absolute Gasteiger partial charge is 0.251 e. The SMILES string of the molecule is C=C(CNC(=O)c1cccc(C)c1)NC1CN([C@H]2CC[C@@](O)(c3ccccc3OC)CC2)C1. The zero-order valence-electron chi connectivity index (χ0n) is 19.6. The normalized spacial score (nSPS) is 23.4. The van der Waals surface area contributed by atoms with Crippen LogP contribution in [0.25, 0.3) is 0 Å². The highest BCUT2D eigenvalue weighted by Gasteiger charge is 2.41. The lowest BCUT2D eigenvalue weighted by molar-refractivity contribution is -0.0407. The van der Waals surface area contributed by atoms with Gasteiger partial charge in [-0.2, -0.15) is 0 Å². The van der Waals surface area contributed by atoms with Crippen LogP contribution in [0.5, 0.6) is 5.75 Å². The van der Waals surface area contributed by atoms with E-state index in [1.807, 2.05) is 55.5 Å². The Labute approximate surface area is 196 Å². The van der Waals surface area contributed by atoms with Crippen molar-refractivity contribution in [3.05, 3.63) is 77.5 Å². The van der Waals surface area contributed by atoms with E-state index in [9.17, 15) is 9.90 Å². The van der Waals surface area contributed by atoms with Gasteiger partial charge >= 0.3 is 0 Å². The first kappa shape index (κ1) is 23.3. The molecule has 2 aromatic carbocycles. The van der Waals surface area contributed by atoms with Gasteiger partial charge < -0.3 is 20.5 Å². The van der Waals surface area contributed by atoms with Crippen LogP contribution in [0, 0.1) is 6.92 Å². The van der Waals surface area contributed by atoms with E-state index in [4.69, 9.17) is 4.74 Å². The van der Waals surface area contributed by atoms with Crippen molar-refractivity contribution in [1.82, 2.24) is 15.5 Å². The van der Waals surface area contributed by atoms with Crippen LogP contribution in [0.3, 0.4) is 0 Å². The summed E-state index contributed by atoms with van der Waals surface area (Å²) in [5.41, 5.74) is 2.66. The Hall–Kier alpha value is -2.83. The summed E-state index contributed by atoms with van der Waals surface area (Å²) in [6.07, 6.45) is 3.41. The molecule has 0 radical (unpaired) electrons. The molecule has 1 aliphatic heterocycles. The standard InChI is InChI=1S/C27H35N3O3/c1-19-7-6-8-21(15-19)26(31)28-16-20(2)29-22-17-30(18-22)23-11-13-27(32,14-12-23)24-9-4-5-10-25(24)33-3/h4-10,15,22-23,29,32H,2,11-14,16-18H2,1,3H3,(H,28,31)/t23-,27-. The van der Waals surface area contributed by atoms with Gasteiger partial charge in [-0.3, -0.25) is 9.69 Å². The molecule has 0 bridgehead atoms. The molecule has 3 N–H and O–H groups in total. The first-order chi connectivity index (χ1) is 15.9. The molecule has 6 heteroatoms. The molecule has 4 rings (SSSR count). The molecular formula is C27H35N3O3. The quantitative estimate of drug-likeness (QED) is 0.576. The number of hydrogen-bond acceptors (Lipinski definition) is 5. The van der Waals surface area contributed by atoms with Gasteiger partial charge in [-0.15, -0.1) is 0 Å². The van der Waals surface area contributed by atoms with E-state index in [2.05, 4.69) is 22.1 Å². The summed E-state index contributed by atoms with van der Waals surface area (Å²) < 4.78 is 5.47. The number of aryl methyl sites for hydroxylation is 1. The minimum absolute atomic E-state index is 0.0818. The van der Waals surface area contributed by atoms with E-state index in [0.29, 0.717) is 24.2 Å². The molecule has 33 heavy (non-hydrogen) atoms. The third kappa shape index (κ3) is 5.40.